The number of aryl methyl sites for hydroxylation is 1. The van der Waals surface area contributed by atoms with Crippen LogP contribution in [-0.2, 0) is 18.8 Å². The molecule has 2 saturated heterocycles. The fourth-order valence-corrected chi connectivity index (χ4v) is 5.88. The quantitative estimate of drug-likeness (QED) is 0.339. The molecular formula is C27H25F4N9O. The van der Waals surface area contributed by atoms with E-state index in [0.29, 0.717) is 25.9 Å². The lowest BCUT2D eigenvalue weighted by molar-refractivity contribution is -0.143. The highest BCUT2D eigenvalue weighted by Gasteiger charge is 2.48. The van der Waals surface area contributed by atoms with Gasteiger partial charge >= 0.3 is 6.18 Å². The van der Waals surface area contributed by atoms with Crippen LogP contribution < -0.4 is 0 Å². The number of halogens is 4. The molecule has 0 bridgehead atoms. The number of likely N-dealkylation sites (tertiary alicyclic amines) is 2. The van der Waals surface area contributed by atoms with Crippen molar-refractivity contribution < 1.29 is 22.4 Å². The maximum absolute atomic E-state index is 14.5. The molecular weight excluding hydrogens is 542 g/mol. The first-order chi connectivity index (χ1) is 19.6. The van der Waals surface area contributed by atoms with Gasteiger partial charge in [-0.25, -0.2) is 19.3 Å². The average molecular weight is 568 g/mol. The van der Waals surface area contributed by atoms with E-state index in [1.54, 1.807) is 6.20 Å². The third-order valence-electron chi connectivity index (χ3n) is 8.06. The fraction of sp³-hybridized carbons (Fsp3) is 0.407. The molecule has 0 atom stereocenters. The Hall–Kier alpha value is -4.38. The van der Waals surface area contributed by atoms with Crippen LogP contribution in [0.4, 0.5) is 17.6 Å². The summed E-state index contributed by atoms with van der Waals surface area (Å²) in [4.78, 5) is 28.3. The van der Waals surface area contributed by atoms with Crippen molar-refractivity contribution in [3.8, 4) is 17.3 Å². The minimum atomic E-state index is -4.99. The van der Waals surface area contributed by atoms with Gasteiger partial charge < -0.3 is 9.47 Å². The second-order valence-electron chi connectivity index (χ2n) is 10.6. The second kappa shape index (κ2) is 9.91. The topological polar surface area (TPSA) is 109 Å². The predicted octanol–water partition coefficient (Wildman–Crippen LogP) is 3.61. The van der Waals surface area contributed by atoms with E-state index in [2.05, 4.69) is 31.0 Å². The van der Waals surface area contributed by atoms with E-state index in [4.69, 9.17) is 0 Å². The number of nitriles is 1. The number of piperidine rings is 1. The van der Waals surface area contributed by atoms with Gasteiger partial charge in [-0.05, 0) is 25.0 Å². The second-order valence-corrected chi connectivity index (χ2v) is 10.6. The first kappa shape index (κ1) is 26.8. The van der Waals surface area contributed by atoms with Crippen LogP contribution in [0.25, 0.3) is 22.3 Å². The van der Waals surface area contributed by atoms with Crippen molar-refractivity contribution in [3.63, 3.8) is 0 Å². The van der Waals surface area contributed by atoms with E-state index in [1.807, 2.05) is 34.8 Å². The number of carbonyl (C=O) groups excluding carboxylic acids is 1. The molecule has 0 aliphatic carbocycles. The van der Waals surface area contributed by atoms with Gasteiger partial charge in [0.05, 0.1) is 29.9 Å². The average Bonchev–Trinajstić information content (AvgIpc) is 3.57. The summed E-state index contributed by atoms with van der Waals surface area (Å²) in [6.45, 7) is 1.72. The molecule has 2 fully saturated rings. The van der Waals surface area contributed by atoms with E-state index in [0.717, 1.165) is 34.6 Å². The van der Waals surface area contributed by atoms with Crippen molar-refractivity contribution in [1.82, 2.24) is 39.1 Å². The van der Waals surface area contributed by atoms with Crippen LogP contribution in [0.3, 0.4) is 0 Å². The zero-order valence-electron chi connectivity index (χ0n) is 22.0. The minimum absolute atomic E-state index is 0.111. The molecule has 0 N–H and O–H groups in total. The van der Waals surface area contributed by atoms with Crippen molar-refractivity contribution in [2.75, 3.05) is 26.2 Å². The van der Waals surface area contributed by atoms with E-state index in [-0.39, 0.29) is 25.6 Å². The van der Waals surface area contributed by atoms with Gasteiger partial charge in [0, 0.05) is 68.8 Å². The van der Waals surface area contributed by atoms with Gasteiger partial charge in [0.2, 0.25) is 0 Å². The van der Waals surface area contributed by atoms with Crippen molar-refractivity contribution in [2.24, 2.45) is 7.05 Å². The molecule has 6 rings (SSSR count). The zero-order chi connectivity index (χ0) is 28.9. The molecule has 0 aromatic carbocycles. The lowest BCUT2D eigenvalue weighted by Crippen LogP contribution is -2.66. The van der Waals surface area contributed by atoms with Gasteiger partial charge in [-0.2, -0.15) is 23.5 Å². The first-order valence-electron chi connectivity index (χ1n) is 13.0. The van der Waals surface area contributed by atoms with Crippen molar-refractivity contribution in [2.45, 2.75) is 37.0 Å². The summed E-state index contributed by atoms with van der Waals surface area (Å²) in [6, 6.07) is 5.33. The lowest BCUT2D eigenvalue weighted by Gasteiger charge is -2.53. The van der Waals surface area contributed by atoms with Gasteiger partial charge in [-0.3, -0.25) is 14.4 Å². The number of rotatable bonds is 5. The predicted molar refractivity (Wildman–Crippen MR) is 138 cm³/mol. The Bertz CT molecular complexity index is 1660. The molecule has 212 valence electrons. The Morgan fingerprint density at radius 1 is 1.17 bits per heavy atom. The molecule has 2 aliphatic rings. The van der Waals surface area contributed by atoms with E-state index in [9.17, 15) is 27.6 Å². The van der Waals surface area contributed by atoms with Gasteiger partial charge in [0.1, 0.15) is 17.5 Å². The SMILES string of the molecule is Cn1ccc2c(-c3cnn(C4(CC#N)CN(C5CCN(C(=O)c6ccnc(C(F)(F)F)c6F)CC5)C4)c3)ncnc21. The highest BCUT2D eigenvalue weighted by Crippen LogP contribution is 2.38. The van der Waals surface area contributed by atoms with Gasteiger partial charge in [0.15, 0.2) is 11.5 Å². The van der Waals surface area contributed by atoms with Crippen molar-refractivity contribution >= 4 is 16.9 Å². The number of aromatic nitrogens is 6. The number of fused-ring (bicyclic) bond motifs is 1. The number of hydrogen-bond donors (Lipinski definition) is 0. The van der Waals surface area contributed by atoms with E-state index < -0.39 is 34.7 Å². The maximum Gasteiger partial charge on any atom is 0.436 e. The Balaban J connectivity index is 1.12. The molecule has 0 radical (unpaired) electrons. The normalized spacial score (nSPS) is 17.9. The van der Waals surface area contributed by atoms with Crippen LogP contribution in [0, 0.1) is 17.1 Å². The lowest BCUT2D eigenvalue weighted by atomic mass is 9.83. The smallest absolute Gasteiger partial charge is 0.338 e. The molecule has 41 heavy (non-hydrogen) atoms. The number of pyridine rings is 1. The Kier molecular flexibility index (Phi) is 6.49. The highest BCUT2D eigenvalue weighted by molar-refractivity contribution is 5.94. The van der Waals surface area contributed by atoms with Crippen LogP contribution in [0.15, 0.2) is 43.2 Å². The van der Waals surface area contributed by atoms with Crippen molar-refractivity contribution in [1.29, 1.82) is 5.26 Å². The molecule has 4 aromatic rings. The Labute approximate surface area is 231 Å². The van der Waals surface area contributed by atoms with Crippen LogP contribution in [0.1, 0.15) is 35.3 Å². The standard InChI is InChI=1S/C27H25F4N9O/c1-37-9-5-20-22(34-16-35-24(20)37)17-12-36-40(13-17)26(6-7-32)14-39(15-26)18-3-10-38(11-4-18)25(41)19-2-8-33-23(21(19)28)27(29,30)31/h2,5,8-9,12-13,16,18H,3-4,6,10-11,14-15H2,1H3. The van der Waals surface area contributed by atoms with E-state index >= 15 is 0 Å². The van der Waals surface area contributed by atoms with Crippen LogP contribution >= 0.6 is 0 Å². The van der Waals surface area contributed by atoms with Gasteiger partial charge in [-0.15, -0.1) is 0 Å². The van der Waals surface area contributed by atoms with Gasteiger partial charge in [0.25, 0.3) is 5.91 Å². The third kappa shape index (κ3) is 4.59. The monoisotopic (exact) mass is 567 g/mol. The molecule has 4 aromatic heterocycles. The largest absolute Gasteiger partial charge is 0.436 e. The summed E-state index contributed by atoms with van der Waals surface area (Å²) < 4.78 is 57.4. The summed E-state index contributed by atoms with van der Waals surface area (Å²) in [5.41, 5.74) is -0.451. The Morgan fingerprint density at radius 2 is 1.93 bits per heavy atom. The van der Waals surface area contributed by atoms with Crippen LogP contribution in [0.5, 0.6) is 0 Å². The van der Waals surface area contributed by atoms with Crippen LogP contribution in [-0.4, -0.2) is 77.2 Å². The molecule has 14 heteroatoms. The first-order valence-corrected chi connectivity index (χ1v) is 13.0. The number of carbonyl (C=O) groups is 1. The molecule has 2 aliphatic heterocycles. The maximum atomic E-state index is 14.5. The molecule has 6 heterocycles. The molecule has 0 saturated carbocycles. The molecule has 0 unspecified atom stereocenters. The Morgan fingerprint density at radius 3 is 2.63 bits per heavy atom. The minimum Gasteiger partial charge on any atom is -0.338 e. The van der Waals surface area contributed by atoms with Crippen LogP contribution in [0.2, 0.25) is 0 Å². The summed E-state index contributed by atoms with van der Waals surface area (Å²) in [6.07, 6.45) is 4.30. The summed E-state index contributed by atoms with van der Waals surface area (Å²) in [5.74, 6) is -2.43. The summed E-state index contributed by atoms with van der Waals surface area (Å²) in [7, 11) is 1.91. The third-order valence-corrected chi connectivity index (χ3v) is 8.06. The summed E-state index contributed by atoms with van der Waals surface area (Å²) in [5, 5.41) is 15.1. The fourth-order valence-electron chi connectivity index (χ4n) is 5.88. The number of alkyl halides is 3. The number of amides is 1. The van der Waals surface area contributed by atoms with Crippen molar-refractivity contribution in [3.05, 3.63) is 60.3 Å². The zero-order valence-corrected chi connectivity index (χ0v) is 22.0. The molecule has 0 spiro atoms. The summed E-state index contributed by atoms with van der Waals surface area (Å²) >= 11 is 0. The number of nitrogens with zero attached hydrogens (tertiary/aromatic N) is 9. The highest BCUT2D eigenvalue weighted by atomic mass is 19.4. The van der Waals surface area contributed by atoms with E-state index in [1.165, 1.54) is 11.2 Å². The van der Waals surface area contributed by atoms with Gasteiger partial charge in [-0.1, -0.05) is 0 Å². The molecule has 1 amide bonds. The molecule has 10 nitrogen and oxygen atoms in total. The number of hydrogen-bond acceptors (Lipinski definition) is 7.